The SMILES string of the molecule is CN(CC#Cc1ccc2c(c1)[C@]1(C(=O)N2C(=O)OCc2ccc([N+](=O)[O-])cc2)[C@H](c2ccc(O)cc2)N2[C@H](c3ccccc3)[C@H](c3ccccc3)OC(=O)[C@H]2[C@@H]1C(=O)Nc1nc2ccccc2s1)Cc1ccccc1. The molecule has 0 unspecified atom stereocenters. The summed E-state index contributed by atoms with van der Waals surface area (Å²) in [7, 11) is 1.95. The van der Waals surface area contributed by atoms with E-state index in [0.29, 0.717) is 46.4 Å². The summed E-state index contributed by atoms with van der Waals surface area (Å²) in [6, 6.07) is 49.1. The Kier molecular flexibility index (Phi) is 13.0. The van der Waals surface area contributed by atoms with Crippen LogP contribution in [0.1, 0.15) is 57.1 Å². The van der Waals surface area contributed by atoms with E-state index in [1.54, 1.807) is 30.3 Å². The molecule has 0 saturated carbocycles. The van der Waals surface area contributed by atoms with Crippen LogP contribution in [0.2, 0.25) is 0 Å². The molecule has 15 nitrogen and oxygen atoms in total. The summed E-state index contributed by atoms with van der Waals surface area (Å²) in [6.07, 6.45) is -2.06. The number of carbonyl (C=O) groups is 4. The van der Waals surface area contributed by atoms with E-state index in [4.69, 9.17) is 14.5 Å². The number of phenols is 1. The number of aromatic nitrogens is 1. The minimum Gasteiger partial charge on any atom is -0.508 e. The van der Waals surface area contributed by atoms with Gasteiger partial charge in [-0.1, -0.05) is 138 Å². The maximum Gasteiger partial charge on any atom is 0.421 e. The lowest BCUT2D eigenvalue weighted by atomic mass is 9.65. The van der Waals surface area contributed by atoms with Gasteiger partial charge in [0.25, 0.3) is 5.69 Å². The van der Waals surface area contributed by atoms with Crippen LogP contribution in [0.4, 0.5) is 21.3 Å². The number of carbonyl (C=O) groups excluding carboxylic acids is 4. The van der Waals surface area contributed by atoms with Gasteiger partial charge >= 0.3 is 12.1 Å². The van der Waals surface area contributed by atoms with Crippen molar-refractivity contribution in [2.45, 2.75) is 42.8 Å². The summed E-state index contributed by atoms with van der Waals surface area (Å²) in [5, 5.41) is 25.5. The second-order valence-electron chi connectivity index (χ2n) is 18.6. The normalized spacial score (nSPS) is 20.8. The maximum atomic E-state index is 16.6. The average Bonchev–Trinajstić information content (AvgIpc) is 4.22. The first-order chi connectivity index (χ1) is 36.5. The average molecular weight is 1020 g/mol. The lowest BCUT2D eigenvalue weighted by Gasteiger charge is -2.46. The number of nitro benzene ring substituents is 1. The smallest absolute Gasteiger partial charge is 0.421 e. The Bertz CT molecular complexity index is 3520. The molecule has 75 heavy (non-hydrogen) atoms. The first-order valence-electron chi connectivity index (χ1n) is 24.1. The van der Waals surface area contributed by atoms with E-state index in [-0.39, 0.29) is 34.4 Å². The number of non-ortho nitro benzene ring substituents is 1. The van der Waals surface area contributed by atoms with Gasteiger partial charge in [0.1, 0.15) is 29.9 Å². The van der Waals surface area contributed by atoms with E-state index >= 15 is 14.4 Å². The van der Waals surface area contributed by atoms with Crippen molar-refractivity contribution in [3.8, 4) is 17.6 Å². The predicted octanol–water partition coefficient (Wildman–Crippen LogP) is 10.0. The third kappa shape index (κ3) is 8.92. The minimum atomic E-state index is -2.15. The van der Waals surface area contributed by atoms with Crippen molar-refractivity contribution in [3.63, 3.8) is 0 Å². The van der Waals surface area contributed by atoms with Crippen LogP contribution in [-0.4, -0.2) is 68.3 Å². The zero-order valence-corrected chi connectivity index (χ0v) is 41.0. The van der Waals surface area contributed by atoms with Crippen LogP contribution in [0, 0.1) is 27.9 Å². The zero-order chi connectivity index (χ0) is 51.8. The Balaban J connectivity index is 1.13. The number of rotatable bonds is 11. The van der Waals surface area contributed by atoms with Crippen LogP contribution in [0.5, 0.6) is 5.75 Å². The van der Waals surface area contributed by atoms with Gasteiger partial charge in [0.15, 0.2) is 5.13 Å². The van der Waals surface area contributed by atoms with Crippen LogP contribution in [0.3, 0.4) is 0 Å². The standard InChI is InChI=1S/C59H46N6O9S/c1-62(35-38-14-5-2-6-15-38)33-13-16-37-25-32-47-45(34-37)59(56(69)63(47)58(70)73-36-39-23-28-43(29-24-39)65(71)72)49(54(67)61-57-60-46-21-11-12-22-48(46)75-57)51-55(68)74-52(41-19-9-4-10-20-41)50(40-17-7-3-8-18-40)64(51)53(59)42-26-30-44(66)31-27-42/h2-12,14-15,17-32,34,49-53,66H,33,35-36H2,1H3,(H,60,61,67)/t49-,50-,51-,52+,53+,59-/m1/s1. The number of cyclic esters (lactones) is 1. The van der Waals surface area contributed by atoms with Crippen LogP contribution in [-0.2, 0) is 42.4 Å². The summed E-state index contributed by atoms with van der Waals surface area (Å²) in [5.41, 5.74) is 2.40. The van der Waals surface area contributed by atoms with Gasteiger partial charge in [-0.2, -0.15) is 0 Å². The molecule has 7 aromatic carbocycles. The second kappa shape index (κ2) is 20.1. The molecule has 0 bridgehead atoms. The highest BCUT2D eigenvalue weighted by Gasteiger charge is 2.76. The summed E-state index contributed by atoms with van der Waals surface area (Å²) >= 11 is 1.22. The summed E-state index contributed by atoms with van der Waals surface area (Å²) in [6.45, 7) is 0.623. The predicted molar refractivity (Wildman–Crippen MR) is 281 cm³/mol. The molecule has 0 aliphatic carbocycles. The highest BCUT2D eigenvalue weighted by Crippen LogP contribution is 2.66. The Morgan fingerprint density at radius 3 is 2.17 bits per heavy atom. The van der Waals surface area contributed by atoms with E-state index in [1.165, 1.54) is 47.7 Å². The van der Waals surface area contributed by atoms with Gasteiger partial charge in [0.2, 0.25) is 11.8 Å². The molecule has 1 aromatic heterocycles. The van der Waals surface area contributed by atoms with Crippen molar-refractivity contribution >= 4 is 61.9 Å². The van der Waals surface area contributed by atoms with Crippen LogP contribution in [0.25, 0.3) is 10.2 Å². The molecule has 0 radical (unpaired) electrons. The van der Waals surface area contributed by atoms with Crippen molar-refractivity contribution in [2.75, 3.05) is 23.8 Å². The molecule has 16 heteroatoms. The molecule has 4 heterocycles. The highest BCUT2D eigenvalue weighted by atomic mass is 32.1. The topological polar surface area (TPSA) is 185 Å². The lowest BCUT2D eigenvalue weighted by molar-refractivity contribution is -0.384. The van der Waals surface area contributed by atoms with Gasteiger partial charge in [0.05, 0.1) is 45.4 Å². The summed E-state index contributed by atoms with van der Waals surface area (Å²) < 4.78 is 13.3. The number of phenolic OH excluding ortho intramolecular Hbond substituents is 1. The molecular weight excluding hydrogens is 969 g/mol. The molecule has 6 atom stereocenters. The minimum absolute atomic E-state index is 0.0725. The molecular formula is C59H46N6O9S. The largest absolute Gasteiger partial charge is 0.508 e. The number of fused-ring (bicyclic) bond motifs is 4. The molecule has 8 aromatic rings. The molecule has 372 valence electrons. The number of amides is 3. The van der Waals surface area contributed by atoms with Crippen molar-refractivity contribution in [1.82, 2.24) is 14.8 Å². The number of thiazole rings is 1. The van der Waals surface area contributed by atoms with Crippen molar-refractivity contribution < 1.29 is 38.7 Å². The Labute approximate surface area is 434 Å². The number of hydrogen-bond acceptors (Lipinski definition) is 13. The molecule has 3 aliphatic rings. The van der Waals surface area contributed by atoms with E-state index in [9.17, 15) is 20.0 Å². The number of aromatic hydroxyl groups is 1. The summed E-state index contributed by atoms with van der Waals surface area (Å²) in [4.78, 5) is 83.6. The number of anilines is 2. The van der Waals surface area contributed by atoms with E-state index in [1.807, 2.05) is 127 Å². The Morgan fingerprint density at radius 2 is 1.48 bits per heavy atom. The number of nitrogens with one attached hydrogen (secondary N) is 1. The number of ether oxygens (including phenoxy) is 2. The van der Waals surface area contributed by atoms with E-state index in [0.717, 1.165) is 15.2 Å². The molecule has 3 amide bonds. The first-order valence-corrected chi connectivity index (χ1v) is 24.9. The van der Waals surface area contributed by atoms with E-state index in [2.05, 4.69) is 22.1 Å². The van der Waals surface area contributed by atoms with Gasteiger partial charge in [-0.3, -0.25) is 34.3 Å². The summed E-state index contributed by atoms with van der Waals surface area (Å²) in [5.74, 6) is 2.44. The third-order valence-electron chi connectivity index (χ3n) is 14.0. The van der Waals surface area contributed by atoms with Gasteiger partial charge in [-0.25, -0.2) is 14.7 Å². The molecule has 3 aliphatic heterocycles. The fraction of sp³-hybridized carbons (Fsp3) is 0.169. The number of nitro groups is 1. The van der Waals surface area contributed by atoms with Gasteiger partial charge in [0, 0.05) is 24.2 Å². The molecule has 1 spiro atoms. The Morgan fingerprint density at radius 1 is 0.813 bits per heavy atom. The number of benzene rings is 7. The number of nitrogens with zero attached hydrogens (tertiary/aromatic N) is 5. The van der Waals surface area contributed by atoms with Crippen LogP contribution in [0.15, 0.2) is 182 Å². The molecule has 2 saturated heterocycles. The zero-order valence-electron chi connectivity index (χ0n) is 40.2. The number of hydrogen-bond donors (Lipinski definition) is 2. The maximum absolute atomic E-state index is 16.6. The fourth-order valence-corrected chi connectivity index (χ4v) is 11.8. The molecule has 2 fully saturated rings. The van der Waals surface area contributed by atoms with Crippen molar-refractivity contribution in [2.24, 2.45) is 5.92 Å². The van der Waals surface area contributed by atoms with Gasteiger partial charge < -0.3 is 19.9 Å². The van der Waals surface area contributed by atoms with Crippen LogP contribution < -0.4 is 10.2 Å². The molecule has 2 N–H and O–H groups in total. The Hall–Kier alpha value is -9.01. The molecule has 11 rings (SSSR count). The number of morpholine rings is 1. The van der Waals surface area contributed by atoms with Crippen LogP contribution >= 0.6 is 11.3 Å². The van der Waals surface area contributed by atoms with Gasteiger partial charge in [-0.15, -0.1) is 0 Å². The highest BCUT2D eigenvalue weighted by molar-refractivity contribution is 7.22. The number of esters is 1. The first kappa shape index (κ1) is 48.3. The fourth-order valence-electron chi connectivity index (χ4n) is 10.9. The van der Waals surface area contributed by atoms with E-state index < -0.39 is 64.4 Å². The lowest BCUT2D eigenvalue weighted by Crippen LogP contribution is -2.54. The third-order valence-corrected chi connectivity index (χ3v) is 15.0. The number of imide groups is 1. The quantitative estimate of drug-likeness (QED) is 0.0542. The van der Waals surface area contributed by atoms with Gasteiger partial charge in [-0.05, 0) is 95.0 Å². The number of para-hydroxylation sites is 1. The second-order valence-corrected chi connectivity index (χ2v) is 19.7. The monoisotopic (exact) mass is 1010 g/mol. The van der Waals surface area contributed by atoms with Crippen molar-refractivity contribution in [1.29, 1.82) is 0 Å². The van der Waals surface area contributed by atoms with Crippen molar-refractivity contribution in [3.05, 3.63) is 231 Å².